The lowest BCUT2D eigenvalue weighted by Crippen LogP contribution is -2.18. The molecule has 0 aliphatic carbocycles. The predicted octanol–water partition coefficient (Wildman–Crippen LogP) is 3.71. The molecule has 1 N–H and O–H groups in total. The molecule has 0 fully saturated rings. The molecule has 1 aromatic rings. The first-order valence-corrected chi connectivity index (χ1v) is 5.60. The van der Waals surface area contributed by atoms with Crippen molar-refractivity contribution in [2.45, 2.75) is 24.9 Å². The largest absolute Gasteiger partial charge is 0.416 e. The van der Waals surface area contributed by atoms with E-state index in [9.17, 15) is 31.4 Å². The molecule has 1 rings (SSSR count). The molecule has 0 saturated heterocycles. The average Bonchev–Trinajstić information content (AvgIpc) is 2.32. The van der Waals surface area contributed by atoms with Crippen molar-refractivity contribution in [3.8, 4) is 0 Å². The molecule has 0 amide bonds. The van der Waals surface area contributed by atoms with Crippen molar-refractivity contribution in [3.63, 3.8) is 0 Å². The third-order valence-corrected chi connectivity index (χ3v) is 2.43. The lowest BCUT2D eigenvalue weighted by Gasteiger charge is -2.17. The lowest BCUT2D eigenvalue weighted by atomic mass is 10.00. The van der Waals surface area contributed by atoms with Crippen molar-refractivity contribution < 1.29 is 36.2 Å². The number of alkyl halides is 6. The van der Waals surface area contributed by atoms with Crippen molar-refractivity contribution in [1.82, 2.24) is 0 Å². The van der Waals surface area contributed by atoms with E-state index >= 15 is 0 Å². The maximum atomic E-state index is 12.7. The molecule has 1 aromatic carbocycles. The quantitative estimate of drug-likeness (QED) is 0.664. The van der Waals surface area contributed by atoms with E-state index in [2.05, 4.69) is 4.74 Å². The van der Waals surface area contributed by atoms with Crippen molar-refractivity contribution in [2.24, 2.45) is 0 Å². The van der Waals surface area contributed by atoms with Crippen LogP contribution in [0.4, 0.5) is 26.3 Å². The van der Waals surface area contributed by atoms with Gasteiger partial charge in [0.05, 0.1) is 11.7 Å². The minimum absolute atomic E-state index is 0.358. The van der Waals surface area contributed by atoms with E-state index < -0.39 is 37.2 Å². The first kappa shape index (κ1) is 16.8. The summed E-state index contributed by atoms with van der Waals surface area (Å²) in [6.07, 6.45) is -11.0. The van der Waals surface area contributed by atoms with Gasteiger partial charge in [0.15, 0.2) is 0 Å². The zero-order chi connectivity index (χ0) is 15.4. The Balaban J connectivity index is 2.62. The van der Waals surface area contributed by atoms with Crippen LogP contribution in [0.1, 0.15) is 23.7 Å². The van der Waals surface area contributed by atoms with Crippen LogP contribution < -0.4 is 0 Å². The van der Waals surface area contributed by atoms with Crippen molar-refractivity contribution >= 4 is 0 Å². The average molecular weight is 302 g/mol. The van der Waals surface area contributed by atoms with Gasteiger partial charge in [-0.3, -0.25) is 0 Å². The second-order valence-corrected chi connectivity index (χ2v) is 4.06. The summed E-state index contributed by atoms with van der Waals surface area (Å²) in [6, 6.07) is 4.36. The van der Waals surface area contributed by atoms with Gasteiger partial charge in [0.25, 0.3) is 0 Å². The van der Waals surface area contributed by atoms with Gasteiger partial charge in [-0.05, 0) is 11.6 Å². The SMILES string of the molecule is OC(CCOCC(F)(F)F)c1ccccc1C(F)(F)F. The Kier molecular flexibility index (Phi) is 5.41. The zero-order valence-electron chi connectivity index (χ0n) is 10.1. The Morgan fingerprint density at radius 3 is 2.20 bits per heavy atom. The molecule has 114 valence electrons. The van der Waals surface area contributed by atoms with Gasteiger partial charge < -0.3 is 9.84 Å². The molecule has 0 aliphatic heterocycles. The summed E-state index contributed by atoms with van der Waals surface area (Å²) in [5, 5.41) is 9.63. The summed E-state index contributed by atoms with van der Waals surface area (Å²) < 4.78 is 77.6. The third-order valence-electron chi connectivity index (χ3n) is 2.43. The highest BCUT2D eigenvalue weighted by atomic mass is 19.4. The summed E-state index contributed by atoms with van der Waals surface area (Å²) in [6.45, 7) is -1.99. The first-order valence-electron chi connectivity index (χ1n) is 5.60. The number of hydrogen-bond acceptors (Lipinski definition) is 2. The molecule has 0 heterocycles. The van der Waals surface area contributed by atoms with Gasteiger partial charge in [-0.15, -0.1) is 0 Å². The van der Waals surface area contributed by atoms with Gasteiger partial charge in [0, 0.05) is 13.0 Å². The Morgan fingerprint density at radius 2 is 1.65 bits per heavy atom. The summed E-state index contributed by atoms with van der Waals surface area (Å²) in [5.41, 5.74) is -1.39. The van der Waals surface area contributed by atoms with E-state index in [1.54, 1.807) is 0 Å². The topological polar surface area (TPSA) is 29.5 Å². The molecule has 1 atom stereocenters. The molecular weight excluding hydrogens is 290 g/mol. The van der Waals surface area contributed by atoms with Crippen LogP contribution >= 0.6 is 0 Å². The fourth-order valence-corrected chi connectivity index (χ4v) is 1.58. The van der Waals surface area contributed by atoms with E-state index in [0.717, 1.165) is 12.1 Å². The summed E-state index contributed by atoms with van der Waals surface area (Å²) in [7, 11) is 0. The summed E-state index contributed by atoms with van der Waals surface area (Å²) in [5.74, 6) is 0. The van der Waals surface area contributed by atoms with Crippen LogP contribution in [0.2, 0.25) is 0 Å². The second kappa shape index (κ2) is 6.45. The van der Waals surface area contributed by atoms with Crippen LogP contribution in [-0.4, -0.2) is 24.5 Å². The second-order valence-electron chi connectivity index (χ2n) is 4.06. The number of benzene rings is 1. The number of aliphatic hydroxyl groups is 1. The molecular formula is C12H12F6O2. The van der Waals surface area contributed by atoms with Gasteiger partial charge in [-0.2, -0.15) is 26.3 Å². The molecule has 0 aliphatic rings. The van der Waals surface area contributed by atoms with Crippen LogP contribution in [0.5, 0.6) is 0 Å². The van der Waals surface area contributed by atoms with E-state index in [0.29, 0.717) is 0 Å². The standard InChI is InChI=1S/C12H12F6O2/c13-11(14,15)7-20-6-5-10(19)8-3-1-2-4-9(8)12(16,17)18/h1-4,10,19H,5-7H2. The molecule has 1 unspecified atom stereocenters. The molecule has 0 saturated carbocycles. The maximum Gasteiger partial charge on any atom is 0.416 e. The van der Waals surface area contributed by atoms with Crippen LogP contribution in [-0.2, 0) is 10.9 Å². The maximum absolute atomic E-state index is 12.7. The zero-order valence-corrected chi connectivity index (χ0v) is 10.1. The van der Waals surface area contributed by atoms with Crippen LogP contribution in [0.15, 0.2) is 24.3 Å². The molecule has 2 nitrogen and oxygen atoms in total. The summed E-state index contributed by atoms with van der Waals surface area (Å²) in [4.78, 5) is 0. The van der Waals surface area contributed by atoms with E-state index in [1.807, 2.05) is 0 Å². The van der Waals surface area contributed by atoms with Gasteiger partial charge >= 0.3 is 12.4 Å². The van der Waals surface area contributed by atoms with Crippen LogP contribution in [0.25, 0.3) is 0 Å². The number of halogens is 6. The Bertz CT molecular complexity index is 427. The molecule has 0 aromatic heterocycles. The van der Waals surface area contributed by atoms with Gasteiger partial charge in [0.1, 0.15) is 6.61 Å². The minimum Gasteiger partial charge on any atom is -0.388 e. The smallest absolute Gasteiger partial charge is 0.388 e. The van der Waals surface area contributed by atoms with Crippen LogP contribution in [0.3, 0.4) is 0 Å². The van der Waals surface area contributed by atoms with Crippen molar-refractivity contribution in [2.75, 3.05) is 13.2 Å². The number of hydrogen-bond donors (Lipinski definition) is 1. The highest BCUT2D eigenvalue weighted by Gasteiger charge is 2.34. The fraction of sp³-hybridized carbons (Fsp3) is 0.500. The Labute approximate surface area is 111 Å². The monoisotopic (exact) mass is 302 g/mol. The summed E-state index contributed by atoms with van der Waals surface area (Å²) >= 11 is 0. The van der Waals surface area contributed by atoms with Crippen LogP contribution in [0, 0.1) is 0 Å². The molecule has 0 bridgehead atoms. The Morgan fingerprint density at radius 1 is 1.05 bits per heavy atom. The molecule has 8 heteroatoms. The normalized spacial score (nSPS) is 14.3. The number of aliphatic hydroxyl groups excluding tert-OH is 1. The van der Waals surface area contributed by atoms with E-state index in [-0.39, 0.29) is 12.0 Å². The lowest BCUT2D eigenvalue weighted by molar-refractivity contribution is -0.175. The highest BCUT2D eigenvalue weighted by molar-refractivity contribution is 5.31. The number of ether oxygens (including phenoxy) is 1. The van der Waals surface area contributed by atoms with Gasteiger partial charge in [0.2, 0.25) is 0 Å². The van der Waals surface area contributed by atoms with Crippen molar-refractivity contribution in [3.05, 3.63) is 35.4 Å². The van der Waals surface area contributed by atoms with Gasteiger partial charge in [-0.1, -0.05) is 18.2 Å². The highest BCUT2D eigenvalue weighted by Crippen LogP contribution is 2.35. The number of rotatable bonds is 5. The minimum atomic E-state index is -4.63. The predicted molar refractivity (Wildman–Crippen MR) is 57.9 cm³/mol. The van der Waals surface area contributed by atoms with Gasteiger partial charge in [-0.25, -0.2) is 0 Å². The third kappa shape index (κ3) is 5.38. The Hall–Kier alpha value is -1.28. The van der Waals surface area contributed by atoms with E-state index in [4.69, 9.17) is 0 Å². The fourth-order valence-electron chi connectivity index (χ4n) is 1.58. The van der Waals surface area contributed by atoms with Crippen molar-refractivity contribution in [1.29, 1.82) is 0 Å². The van der Waals surface area contributed by atoms with E-state index in [1.165, 1.54) is 12.1 Å². The first-order chi connectivity index (χ1) is 9.11. The molecule has 0 radical (unpaired) electrons. The molecule has 20 heavy (non-hydrogen) atoms. The molecule has 0 spiro atoms.